The Bertz CT molecular complexity index is 504. The van der Waals surface area contributed by atoms with E-state index in [4.69, 9.17) is 14.0 Å². The van der Waals surface area contributed by atoms with Crippen LogP contribution in [0.25, 0.3) is 0 Å². The molecule has 0 saturated heterocycles. The summed E-state index contributed by atoms with van der Waals surface area (Å²) < 4.78 is 17.4. The van der Waals surface area contributed by atoms with Crippen LogP contribution in [-0.4, -0.2) is 38.3 Å². The predicted octanol–water partition coefficient (Wildman–Crippen LogP) is 1.09. The summed E-state index contributed by atoms with van der Waals surface area (Å²) in [5.74, 6) is 1.08. The maximum absolute atomic E-state index is 5.45. The topological polar surface area (TPSA) is 88.1 Å². The third kappa shape index (κ3) is 3.58. The maximum Gasteiger partial charge on any atom is 0.223 e. The number of hydrogen-bond donors (Lipinski definition) is 0. The third-order valence-electron chi connectivity index (χ3n) is 2.31. The Hall–Kier alpha value is -1.80. The normalized spacial score (nSPS) is 11.4. The van der Waals surface area contributed by atoms with Crippen molar-refractivity contribution in [2.75, 3.05) is 13.2 Å². The first-order valence-electron chi connectivity index (χ1n) is 6.15. The van der Waals surface area contributed by atoms with Gasteiger partial charge in [0.1, 0.15) is 12.2 Å². The zero-order valence-electron chi connectivity index (χ0n) is 11.2. The SMILES string of the molecule is CCOC(OCC)c1cn(Cc2noc(C)n2)nn1. The highest BCUT2D eigenvalue weighted by Crippen LogP contribution is 2.15. The Balaban J connectivity index is 2.04. The summed E-state index contributed by atoms with van der Waals surface area (Å²) >= 11 is 0. The number of aryl methyl sites for hydroxylation is 1. The lowest BCUT2D eigenvalue weighted by molar-refractivity contribution is -0.142. The largest absolute Gasteiger partial charge is 0.347 e. The molecule has 0 aliphatic carbocycles. The van der Waals surface area contributed by atoms with Gasteiger partial charge in [0.05, 0.1) is 6.20 Å². The minimum absolute atomic E-state index is 0.398. The van der Waals surface area contributed by atoms with Gasteiger partial charge < -0.3 is 14.0 Å². The molecule has 104 valence electrons. The van der Waals surface area contributed by atoms with Crippen LogP contribution in [-0.2, 0) is 16.0 Å². The Morgan fingerprint density at radius 3 is 2.63 bits per heavy atom. The first kappa shape index (κ1) is 13.6. The molecule has 0 N–H and O–H groups in total. The fourth-order valence-corrected chi connectivity index (χ4v) is 1.57. The van der Waals surface area contributed by atoms with Crippen molar-refractivity contribution in [1.82, 2.24) is 25.1 Å². The van der Waals surface area contributed by atoms with E-state index in [-0.39, 0.29) is 0 Å². The number of hydrogen-bond acceptors (Lipinski definition) is 7. The predicted molar refractivity (Wildman–Crippen MR) is 64.2 cm³/mol. The molecular formula is C11H17N5O3. The standard InChI is InChI=1S/C11H17N5O3/c1-4-17-11(18-5-2)9-6-16(15-13-9)7-10-12-8(3)19-14-10/h6,11H,4-5,7H2,1-3H3. The van der Waals surface area contributed by atoms with Gasteiger partial charge >= 0.3 is 0 Å². The van der Waals surface area contributed by atoms with Crippen LogP contribution in [0.5, 0.6) is 0 Å². The number of aromatic nitrogens is 5. The van der Waals surface area contributed by atoms with Crippen molar-refractivity contribution in [3.05, 3.63) is 23.6 Å². The van der Waals surface area contributed by atoms with Crippen LogP contribution in [0.4, 0.5) is 0 Å². The van der Waals surface area contributed by atoms with Gasteiger partial charge in [0.2, 0.25) is 12.2 Å². The Labute approximate surface area is 110 Å². The van der Waals surface area contributed by atoms with Crippen LogP contribution in [0, 0.1) is 6.92 Å². The van der Waals surface area contributed by atoms with Gasteiger partial charge in [-0.3, -0.25) is 0 Å². The highest BCUT2D eigenvalue weighted by atomic mass is 16.7. The first-order valence-corrected chi connectivity index (χ1v) is 6.15. The van der Waals surface area contributed by atoms with E-state index in [1.165, 1.54) is 0 Å². The molecule has 0 aromatic carbocycles. The Morgan fingerprint density at radius 1 is 1.32 bits per heavy atom. The van der Waals surface area contributed by atoms with E-state index in [1.54, 1.807) is 17.8 Å². The van der Waals surface area contributed by atoms with E-state index < -0.39 is 6.29 Å². The third-order valence-corrected chi connectivity index (χ3v) is 2.31. The zero-order valence-corrected chi connectivity index (χ0v) is 11.2. The van der Waals surface area contributed by atoms with Crippen molar-refractivity contribution in [2.24, 2.45) is 0 Å². The molecule has 0 fully saturated rings. The summed E-state index contributed by atoms with van der Waals surface area (Å²) in [7, 11) is 0. The summed E-state index contributed by atoms with van der Waals surface area (Å²) in [6.45, 7) is 7.03. The Kier molecular flexibility index (Phi) is 4.58. The van der Waals surface area contributed by atoms with Crippen molar-refractivity contribution in [3.8, 4) is 0 Å². The monoisotopic (exact) mass is 267 g/mol. The summed E-state index contributed by atoms with van der Waals surface area (Å²) in [6.07, 6.45) is 1.26. The minimum atomic E-state index is -0.490. The molecule has 2 aromatic rings. The summed E-state index contributed by atoms with van der Waals surface area (Å²) in [5, 5.41) is 11.8. The molecule has 2 rings (SSSR count). The smallest absolute Gasteiger partial charge is 0.223 e. The number of rotatable bonds is 7. The van der Waals surface area contributed by atoms with Gasteiger partial charge in [0.25, 0.3) is 0 Å². The van der Waals surface area contributed by atoms with Crippen molar-refractivity contribution in [3.63, 3.8) is 0 Å². The highest BCUT2D eigenvalue weighted by Gasteiger charge is 2.16. The summed E-state index contributed by atoms with van der Waals surface area (Å²) in [4.78, 5) is 4.10. The molecule has 8 nitrogen and oxygen atoms in total. The second-order valence-electron chi connectivity index (χ2n) is 3.81. The molecule has 2 aromatic heterocycles. The van der Waals surface area contributed by atoms with Crippen molar-refractivity contribution < 1.29 is 14.0 Å². The number of nitrogens with zero attached hydrogens (tertiary/aromatic N) is 5. The molecule has 0 radical (unpaired) electrons. The number of ether oxygens (including phenoxy) is 2. The summed E-state index contributed by atoms with van der Waals surface area (Å²) in [5.41, 5.74) is 0.629. The highest BCUT2D eigenvalue weighted by molar-refractivity contribution is 4.96. The van der Waals surface area contributed by atoms with E-state index >= 15 is 0 Å². The van der Waals surface area contributed by atoms with Crippen LogP contribution >= 0.6 is 0 Å². The van der Waals surface area contributed by atoms with E-state index in [0.717, 1.165) is 0 Å². The quantitative estimate of drug-likeness (QED) is 0.694. The van der Waals surface area contributed by atoms with Crippen LogP contribution in [0.15, 0.2) is 10.7 Å². The second kappa shape index (κ2) is 6.39. The van der Waals surface area contributed by atoms with Crippen molar-refractivity contribution >= 4 is 0 Å². The molecule has 0 unspecified atom stereocenters. The minimum Gasteiger partial charge on any atom is -0.347 e. The van der Waals surface area contributed by atoms with Gasteiger partial charge in [0.15, 0.2) is 5.82 Å². The van der Waals surface area contributed by atoms with Crippen molar-refractivity contribution in [2.45, 2.75) is 33.6 Å². The van der Waals surface area contributed by atoms with Gasteiger partial charge in [-0.05, 0) is 13.8 Å². The van der Waals surface area contributed by atoms with Gasteiger partial charge in [-0.1, -0.05) is 10.4 Å². The van der Waals surface area contributed by atoms with Gasteiger partial charge in [0, 0.05) is 20.1 Å². The van der Waals surface area contributed by atoms with E-state index in [9.17, 15) is 0 Å². The maximum atomic E-state index is 5.45. The lowest BCUT2D eigenvalue weighted by atomic mass is 10.4. The fraction of sp³-hybridized carbons (Fsp3) is 0.636. The summed E-state index contributed by atoms with van der Waals surface area (Å²) in [6, 6.07) is 0. The molecule has 0 amide bonds. The first-order chi connectivity index (χ1) is 9.22. The molecule has 2 heterocycles. The molecule has 19 heavy (non-hydrogen) atoms. The zero-order chi connectivity index (χ0) is 13.7. The molecule has 0 aliphatic heterocycles. The molecule has 0 saturated carbocycles. The van der Waals surface area contributed by atoms with Crippen LogP contribution in [0.3, 0.4) is 0 Å². The van der Waals surface area contributed by atoms with E-state index in [0.29, 0.717) is 37.2 Å². The molecule has 0 aliphatic rings. The molecule has 0 spiro atoms. The average molecular weight is 267 g/mol. The van der Waals surface area contributed by atoms with Crippen molar-refractivity contribution in [1.29, 1.82) is 0 Å². The molecular weight excluding hydrogens is 250 g/mol. The van der Waals surface area contributed by atoms with Gasteiger partial charge in [-0.15, -0.1) is 5.10 Å². The van der Waals surface area contributed by atoms with Gasteiger partial charge in [-0.2, -0.15) is 4.98 Å². The fourth-order valence-electron chi connectivity index (χ4n) is 1.57. The second-order valence-corrected chi connectivity index (χ2v) is 3.81. The van der Waals surface area contributed by atoms with Crippen LogP contribution in [0.1, 0.15) is 37.5 Å². The van der Waals surface area contributed by atoms with Crippen LogP contribution in [0.2, 0.25) is 0 Å². The van der Waals surface area contributed by atoms with Gasteiger partial charge in [-0.25, -0.2) is 4.68 Å². The average Bonchev–Trinajstić information content (AvgIpc) is 2.99. The van der Waals surface area contributed by atoms with E-state index in [2.05, 4.69) is 20.5 Å². The Morgan fingerprint density at radius 2 is 2.05 bits per heavy atom. The lowest BCUT2D eigenvalue weighted by Gasteiger charge is -2.13. The lowest BCUT2D eigenvalue weighted by Crippen LogP contribution is -2.09. The molecule has 0 atom stereocenters. The molecule has 0 bridgehead atoms. The molecule has 8 heteroatoms. The van der Waals surface area contributed by atoms with E-state index in [1.807, 2.05) is 13.8 Å². The van der Waals surface area contributed by atoms with Crippen LogP contribution < -0.4 is 0 Å².